The molecule has 0 aliphatic carbocycles. The molecule has 0 atom stereocenters. The molecule has 5 rings (SSSR count). The SMILES string of the molecule is O=C1C=CC(=O)N1c1cc2cccc3ccc4cccc1c4c32. The molecule has 0 saturated carbocycles. The van der Waals surface area contributed by atoms with Crippen LogP contribution in [-0.4, -0.2) is 11.8 Å². The molecule has 4 aromatic carbocycles. The molecular weight excluding hydrogens is 286 g/mol. The highest BCUT2D eigenvalue weighted by atomic mass is 16.2. The predicted molar refractivity (Wildman–Crippen MR) is 91.8 cm³/mol. The standard InChI is InChI=1S/C20H11NO2/c22-17-9-10-18(23)21(17)16-11-14-5-1-3-12-7-8-13-4-2-6-15(16)20(13)19(12)14/h1-11H. The van der Waals surface area contributed by atoms with Gasteiger partial charge in [-0.1, -0.05) is 48.5 Å². The molecule has 0 saturated heterocycles. The number of anilines is 1. The molecule has 0 spiro atoms. The van der Waals surface area contributed by atoms with E-state index in [-0.39, 0.29) is 11.8 Å². The number of benzene rings is 4. The summed E-state index contributed by atoms with van der Waals surface area (Å²) in [5.74, 6) is -0.574. The first-order valence-corrected chi connectivity index (χ1v) is 7.47. The maximum Gasteiger partial charge on any atom is 0.258 e. The van der Waals surface area contributed by atoms with Crippen LogP contribution in [0.25, 0.3) is 32.3 Å². The van der Waals surface area contributed by atoms with Crippen LogP contribution in [-0.2, 0) is 9.59 Å². The number of hydrogen-bond donors (Lipinski definition) is 0. The van der Waals surface area contributed by atoms with Crippen molar-refractivity contribution in [2.45, 2.75) is 0 Å². The summed E-state index contributed by atoms with van der Waals surface area (Å²) < 4.78 is 0. The molecule has 4 aromatic rings. The lowest BCUT2D eigenvalue weighted by atomic mass is 9.93. The lowest BCUT2D eigenvalue weighted by molar-refractivity contribution is -0.119. The summed E-state index contributed by atoms with van der Waals surface area (Å²) in [5, 5.41) is 6.52. The van der Waals surface area contributed by atoms with E-state index in [0.29, 0.717) is 5.69 Å². The molecule has 0 N–H and O–H groups in total. The third-order valence-electron chi connectivity index (χ3n) is 4.54. The van der Waals surface area contributed by atoms with Crippen LogP contribution in [0.15, 0.2) is 66.7 Å². The van der Waals surface area contributed by atoms with Crippen LogP contribution in [0.1, 0.15) is 0 Å². The van der Waals surface area contributed by atoms with Crippen molar-refractivity contribution < 1.29 is 9.59 Å². The molecule has 0 unspecified atom stereocenters. The van der Waals surface area contributed by atoms with Crippen molar-refractivity contribution in [3.63, 3.8) is 0 Å². The molecule has 1 heterocycles. The zero-order valence-electron chi connectivity index (χ0n) is 12.1. The molecule has 0 radical (unpaired) electrons. The Morgan fingerprint density at radius 2 is 1.26 bits per heavy atom. The van der Waals surface area contributed by atoms with Gasteiger partial charge in [-0.2, -0.15) is 0 Å². The molecule has 1 aliphatic rings. The van der Waals surface area contributed by atoms with Crippen LogP contribution in [0.5, 0.6) is 0 Å². The van der Waals surface area contributed by atoms with Crippen molar-refractivity contribution in [3.8, 4) is 0 Å². The maximum absolute atomic E-state index is 12.1. The highest BCUT2D eigenvalue weighted by Crippen LogP contribution is 2.40. The van der Waals surface area contributed by atoms with E-state index in [9.17, 15) is 9.59 Å². The number of carbonyl (C=O) groups is 2. The van der Waals surface area contributed by atoms with Gasteiger partial charge in [-0.3, -0.25) is 9.59 Å². The summed E-state index contributed by atoms with van der Waals surface area (Å²) >= 11 is 0. The Morgan fingerprint density at radius 1 is 0.652 bits per heavy atom. The summed E-state index contributed by atoms with van der Waals surface area (Å²) in [6, 6.07) is 18.2. The van der Waals surface area contributed by atoms with Gasteiger partial charge in [0.1, 0.15) is 0 Å². The van der Waals surface area contributed by atoms with Gasteiger partial charge in [-0.05, 0) is 33.0 Å². The summed E-state index contributed by atoms with van der Waals surface area (Å²) in [6.45, 7) is 0. The summed E-state index contributed by atoms with van der Waals surface area (Å²) in [7, 11) is 0. The van der Waals surface area contributed by atoms with Crippen LogP contribution >= 0.6 is 0 Å². The minimum Gasteiger partial charge on any atom is -0.269 e. The van der Waals surface area contributed by atoms with Crippen molar-refractivity contribution in [3.05, 3.63) is 66.7 Å². The quantitative estimate of drug-likeness (QED) is 0.393. The van der Waals surface area contributed by atoms with Crippen molar-refractivity contribution >= 4 is 49.8 Å². The first-order valence-electron chi connectivity index (χ1n) is 7.47. The molecule has 23 heavy (non-hydrogen) atoms. The number of nitrogens with zero attached hydrogens (tertiary/aromatic N) is 1. The van der Waals surface area contributed by atoms with Crippen LogP contribution in [0.4, 0.5) is 5.69 Å². The number of rotatable bonds is 1. The lowest BCUT2D eigenvalue weighted by Crippen LogP contribution is -2.29. The number of amides is 2. The van der Waals surface area contributed by atoms with Gasteiger partial charge in [0, 0.05) is 17.5 Å². The Kier molecular flexibility index (Phi) is 2.24. The second kappa shape index (κ2) is 4.17. The van der Waals surface area contributed by atoms with Gasteiger partial charge in [-0.15, -0.1) is 0 Å². The van der Waals surface area contributed by atoms with E-state index in [2.05, 4.69) is 24.3 Å². The number of imide groups is 1. The van der Waals surface area contributed by atoms with Crippen molar-refractivity contribution in [1.82, 2.24) is 0 Å². The molecule has 3 nitrogen and oxygen atoms in total. The Balaban J connectivity index is 2.01. The molecule has 2 amide bonds. The van der Waals surface area contributed by atoms with Gasteiger partial charge in [0.15, 0.2) is 0 Å². The highest BCUT2D eigenvalue weighted by molar-refractivity contribution is 6.34. The molecule has 1 aliphatic heterocycles. The molecule has 0 aromatic heterocycles. The zero-order chi connectivity index (χ0) is 15.6. The topological polar surface area (TPSA) is 37.4 Å². The number of carbonyl (C=O) groups excluding carboxylic acids is 2. The summed E-state index contributed by atoms with van der Waals surface area (Å²) in [4.78, 5) is 25.5. The summed E-state index contributed by atoms with van der Waals surface area (Å²) in [5.41, 5.74) is 0.654. The van der Waals surface area contributed by atoms with E-state index < -0.39 is 0 Å². The minimum absolute atomic E-state index is 0.287. The maximum atomic E-state index is 12.1. The van der Waals surface area contributed by atoms with Crippen LogP contribution in [0.3, 0.4) is 0 Å². The Hall–Kier alpha value is -3.20. The zero-order valence-corrected chi connectivity index (χ0v) is 12.1. The van der Waals surface area contributed by atoms with Gasteiger partial charge in [-0.25, -0.2) is 4.90 Å². The third kappa shape index (κ3) is 1.53. The van der Waals surface area contributed by atoms with Crippen molar-refractivity contribution in [2.75, 3.05) is 4.90 Å². The monoisotopic (exact) mass is 297 g/mol. The van der Waals surface area contributed by atoms with Gasteiger partial charge in [0.25, 0.3) is 11.8 Å². The van der Waals surface area contributed by atoms with E-state index in [1.54, 1.807) is 0 Å². The molecule has 0 bridgehead atoms. The fourth-order valence-corrected chi connectivity index (χ4v) is 3.57. The van der Waals surface area contributed by atoms with Crippen LogP contribution < -0.4 is 4.90 Å². The predicted octanol–water partition coefficient (Wildman–Crippen LogP) is 4.01. The van der Waals surface area contributed by atoms with Crippen molar-refractivity contribution in [1.29, 1.82) is 0 Å². The average Bonchev–Trinajstić information content (AvgIpc) is 2.91. The first-order chi connectivity index (χ1) is 11.2. The fraction of sp³-hybridized carbons (Fsp3) is 0. The van der Waals surface area contributed by atoms with Crippen LogP contribution in [0, 0.1) is 0 Å². The number of hydrogen-bond acceptors (Lipinski definition) is 2. The van der Waals surface area contributed by atoms with E-state index in [4.69, 9.17) is 0 Å². The fourth-order valence-electron chi connectivity index (χ4n) is 3.57. The van der Waals surface area contributed by atoms with E-state index in [0.717, 1.165) is 26.9 Å². The second-order valence-electron chi connectivity index (χ2n) is 5.79. The average molecular weight is 297 g/mol. The molecule has 108 valence electrons. The van der Waals surface area contributed by atoms with E-state index in [1.807, 2.05) is 30.3 Å². The Morgan fingerprint density at radius 3 is 2.00 bits per heavy atom. The van der Waals surface area contributed by atoms with Gasteiger partial charge < -0.3 is 0 Å². The van der Waals surface area contributed by atoms with E-state index >= 15 is 0 Å². The molecular formula is C20H11NO2. The smallest absolute Gasteiger partial charge is 0.258 e. The second-order valence-corrected chi connectivity index (χ2v) is 5.79. The van der Waals surface area contributed by atoms with Crippen molar-refractivity contribution in [2.24, 2.45) is 0 Å². The van der Waals surface area contributed by atoms with Crippen LogP contribution in [0.2, 0.25) is 0 Å². The summed E-state index contributed by atoms with van der Waals surface area (Å²) in [6.07, 6.45) is 2.65. The Bertz CT molecular complexity index is 1140. The van der Waals surface area contributed by atoms with E-state index in [1.165, 1.54) is 22.4 Å². The molecule has 0 fully saturated rings. The minimum atomic E-state index is -0.287. The largest absolute Gasteiger partial charge is 0.269 e. The normalized spacial score (nSPS) is 14.9. The third-order valence-corrected chi connectivity index (χ3v) is 4.54. The lowest BCUT2D eigenvalue weighted by Gasteiger charge is -2.20. The van der Waals surface area contributed by atoms with Gasteiger partial charge in [0.2, 0.25) is 0 Å². The van der Waals surface area contributed by atoms with Gasteiger partial charge >= 0.3 is 0 Å². The Labute approximate surface area is 131 Å². The highest BCUT2D eigenvalue weighted by Gasteiger charge is 2.27. The first kappa shape index (κ1) is 12.4. The van der Waals surface area contributed by atoms with Gasteiger partial charge in [0.05, 0.1) is 5.69 Å². The molecule has 3 heteroatoms.